The molecule has 0 bridgehead atoms. The normalized spacial score (nSPS) is 11.8. The summed E-state index contributed by atoms with van der Waals surface area (Å²) >= 11 is 0. The maximum absolute atomic E-state index is 13.2. The van der Waals surface area contributed by atoms with Crippen LogP contribution in [0.5, 0.6) is 11.5 Å². The number of nitrogen functional groups attached to an aromatic ring is 1. The first-order valence-corrected chi connectivity index (χ1v) is 14.6. The predicted octanol–water partition coefficient (Wildman–Crippen LogP) is 4.65. The molecule has 0 aliphatic heterocycles. The van der Waals surface area contributed by atoms with E-state index in [0.717, 1.165) is 11.1 Å². The Kier molecular flexibility index (Phi) is 9.79. The average molecular weight is 588 g/mol. The highest BCUT2D eigenvalue weighted by molar-refractivity contribution is 7.89. The van der Waals surface area contributed by atoms with Gasteiger partial charge in [-0.1, -0.05) is 36.4 Å². The van der Waals surface area contributed by atoms with Gasteiger partial charge in [-0.25, -0.2) is 13.1 Å². The van der Waals surface area contributed by atoms with Crippen LogP contribution in [-0.4, -0.2) is 33.8 Å². The Hall–Kier alpha value is -4.87. The molecule has 0 spiro atoms. The molecule has 0 aliphatic carbocycles. The number of benzene rings is 4. The van der Waals surface area contributed by atoms with Crippen LogP contribution in [-0.2, 0) is 21.4 Å². The largest absolute Gasteiger partial charge is 0.493 e. The fraction of sp³-hybridized carbons (Fsp3) is 0.161. The standard InChI is InChI=1S/C31H33N5O5S/c1-21(37)35-25-13-15-27(16-14-25)42(38,39)34-19-28(36-26-11-8-23(9-12-26)31(32)33)24-10-17-29(30(18-24)40-2)41-20-22-6-4-3-5-7-22/h3-18,28,34,36H,19-20H2,1-2H3,(H3,32,33)(H,35,37). The van der Waals surface area contributed by atoms with Gasteiger partial charge >= 0.3 is 0 Å². The Balaban J connectivity index is 1.57. The van der Waals surface area contributed by atoms with Crippen molar-refractivity contribution in [2.75, 3.05) is 24.3 Å². The van der Waals surface area contributed by atoms with Crippen molar-refractivity contribution in [2.24, 2.45) is 5.73 Å². The molecule has 4 aromatic carbocycles. The number of ether oxygens (including phenoxy) is 2. The first-order chi connectivity index (χ1) is 20.1. The van der Waals surface area contributed by atoms with Crippen molar-refractivity contribution in [1.82, 2.24) is 4.72 Å². The van der Waals surface area contributed by atoms with Gasteiger partial charge in [0.25, 0.3) is 0 Å². The van der Waals surface area contributed by atoms with E-state index < -0.39 is 16.1 Å². The minimum atomic E-state index is -3.89. The Morgan fingerprint density at radius 1 is 0.905 bits per heavy atom. The number of nitrogens with two attached hydrogens (primary N) is 1. The summed E-state index contributed by atoms with van der Waals surface area (Å²) in [5.74, 6) is 0.750. The third-order valence-corrected chi connectivity index (χ3v) is 7.77. The molecule has 0 fully saturated rings. The lowest BCUT2D eigenvalue weighted by atomic mass is 10.1. The fourth-order valence-corrected chi connectivity index (χ4v) is 5.20. The fourth-order valence-electron chi connectivity index (χ4n) is 4.15. The summed E-state index contributed by atoms with van der Waals surface area (Å²) in [6.07, 6.45) is 0. The van der Waals surface area contributed by atoms with Gasteiger partial charge in [0.05, 0.1) is 18.0 Å². The van der Waals surface area contributed by atoms with Crippen LogP contribution < -0.4 is 30.6 Å². The van der Waals surface area contributed by atoms with Crippen LogP contribution in [0.15, 0.2) is 102 Å². The van der Waals surface area contributed by atoms with Crippen LogP contribution >= 0.6 is 0 Å². The highest BCUT2D eigenvalue weighted by Gasteiger charge is 2.20. The molecule has 0 saturated carbocycles. The lowest BCUT2D eigenvalue weighted by Gasteiger charge is -2.23. The van der Waals surface area contributed by atoms with Gasteiger partial charge in [0, 0.05) is 30.4 Å². The van der Waals surface area contributed by atoms with Crippen molar-refractivity contribution >= 4 is 33.1 Å². The van der Waals surface area contributed by atoms with E-state index in [1.165, 1.54) is 31.2 Å². The molecule has 1 unspecified atom stereocenters. The molecule has 1 atom stereocenters. The van der Waals surface area contributed by atoms with E-state index in [-0.39, 0.29) is 23.2 Å². The third-order valence-electron chi connectivity index (χ3n) is 6.33. The molecule has 4 rings (SSSR count). The molecule has 0 radical (unpaired) electrons. The second-order valence-electron chi connectivity index (χ2n) is 9.43. The zero-order valence-electron chi connectivity index (χ0n) is 23.3. The van der Waals surface area contributed by atoms with Gasteiger partial charge in [-0.15, -0.1) is 0 Å². The number of carbonyl (C=O) groups is 1. The molecule has 6 N–H and O–H groups in total. The first kappa shape index (κ1) is 30.1. The summed E-state index contributed by atoms with van der Waals surface area (Å²) in [7, 11) is -2.34. The Bertz CT molecular complexity index is 1630. The topological polar surface area (TPSA) is 156 Å². The Labute approximate surface area is 245 Å². The second-order valence-corrected chi connectivity index (χ2v) is 11.2. The molecule has 0 aliphatic rings. The molecular formula is C31H33N5O5S. The molecule has 0 saturated heterocycles. The second kappa shape index (κ2) is 13.7. The van der Waals surface area contributed by atoms with Crippen molar-refractivity contribution in [3.8, 4) is 11.5 Å². The van der Waals surface area contributed by atoms with E-state index in [9.17, 15) is 13.2 Å². The van der Waals surface area contributed by atoms with Crippen molar-refractivity contribution < 1.29 is 22.7 Å². The van der Waals surface area contributed by atoms with E-state index in [1.807, 2.05) is 36.4 Å². The van der Waals surface area contributed by atoms with Crippen LogP contribution in [0.2, 0.25) is 0 Å². The first-order valence-electron chi connectivity index (χ1n) is 13.1. The molecular weight excluding hydrogens is 554 g/mol. The highest BCUT2D eigenvalue weighted by atomic mass is 32.2. The van der Waals surface area contributed by atoms with E-state index in [4.69, 9.17) is 20.6 Å². The predicted molar refractivity (Wildman–Crippen MR) is 164 cm³/mol. The quantitative estimate of drug-likeness (QED) is 0.113. The molecule has 218 valence electrons. The molecule has 10 nitrogen and oxygen atoms in total. The van der Waals surface area contributed by atoms with Crippen LogP contribution in [0, 0.1) is 5.41 Å². The van der Waals surface area contributed by atoms with Crippen molar-refractivity contribution in [2.45, 2.75) is 24.5 Å². The number of amides is 1. The number of hydrogen-bond donors (Lipinski definition) is 5. The number of rotatable bonds is 13. The van der Waals surface area contributed by atoms with Crippen LogP contribution in [0.4, 0.5) is 11.4 Å². The summed E-state index contributed by atoms with van der Waals surface area (Å²) < 4.78 is 40.6. The van der Waals surface area contributed by atoms with E-state index >= 15 is 0 Å². The van der Waals surface area contributed by atoms with Crippen LogP contribution in [0.1, 0.15) is 29.7 Å². The summed E-state index contributed by atoms with van der Waals surface area (Å²) in [5, 5.41) is 13.6. The van der Waals surface area contributed by atoms with Gasteiger partial charge in [-0.3, -0.25) is 10.2 Å². The van der Waals surface area contributed by atoms with Gasteiger partial charge in [0.2, 0.25) is 15.9 Å². The van der Waals surface area contributed by atoms with Gasteiger partial charge < -0.3 is 25.8 Å². The molecule has 1 amide bonds. The summed E-state index contributed by atoms with van der Waals surface area (Å²) in [6, 6.07) is 27.6. The maximum Gasteiger partial charge on any atom is 0.240 e. The minimum Gasteiger partial charge on any atom is -0.493 e. The van der Waals surface area contributed by atoms with Gasteiger partial charge in [-0.05, 0) is 71.8 Å². The summed E-state index contributed by atoms with van der Waals surface area (Å²) in [4.78, 5) is 11.4. The lowest BCUT2D eigenvalue weighted by Crippen LogP contribution is -2.31. The van der Waals surface area contributed by atoms with Gasteiger partial charge in [0.1, 0.15) is 12.4 Å². The third kappa shape index (κ3) is 8.09. The smallest absolute Gasteiger partial charge is 0.240 e. The number of methoxy groups -OCH3 is 1. The minimum absolute atomic E-state index is 0.00237. The summed E-state index contributed by atoms with van der Waals surface area (Å²) in [6.45, 7) is 1.74. The van der Waals surface area contributed by atoms with Gasteiger partial charge in [-0.2, -0.15) is 0 Å². The number of sulfonamides is 1. The van der Waals surface area contributed by atoms with Crippen LogP contribution in [0.3, 0.4) is 0 Å². The number of carbonyl (C=O) groups excluding carboxylic acids is 1. The molecule has 11 heteroatoms. The monoisotopic (exact) mass is 587 g/mol. The zero-order valence-corrected chi connectivity index (χ0v) is 24.1. The number of hydrogen-bond acceptors (Lipinski definition) is 7. The lowest BCUT2D eigenvalue weighted by molar-refractivity contribution is -0.114. The molecule has 42 heavy (non-hydrogen) atoms. The number of amidine groups is 1. The average Bonchev–Trinajstić information content (AvgIpc) is 2.99. The SMILES string of the molecule is COc1cc(C(CNS(=O)(=O)c2ccc(NC(C)=O)cc2)Nc2ccc(C(=N)N)cc2)ccc1OCc1ccccc1. The van der Waals surface area contributed by atoms with Crippen molar-refractivity contribution in [3.63, 3.8) is 0 Å². The molecule has 0 aromatic heterocycles. The number of anilines is 2. The molecule has 4 aromatic rings. The van der Waals surface area contributed by atoms with Crippen molar-refractivity contribution in [3.05, 3.63) is 114 Å². The maximum atomic E-state index is 13.2. The Morgan fingerprint density at radius 3 is 2.19 bits per heavy atom. The van der Waals surface area contributed by atoms with Gasteiger partial charge in [0.15, 0.2) is 11.5 Å². The Morgan fingerprint density at radius 2 is 1.57 bits per heavy atom. The summed E-state index contributed by atoms with van der Waals surface area (Å²) in [5.41, 5.74) is 9.12. The van der Waals surface area contributed by atoms with E-state index in [0.29, 0.717) is 35.0 Å². The van der Waals surface area contributed by atoms with Crippen molar-refractivity contribution in [1.29, 1.82) is 5.41 Å². The zero-order chi connectivity index (χ0) is 30.1. The highest BCUT2D eigenvalue weighted by Crippen LogP contribution is 2.32. The van der Waals surface area contributed by atoms with Crippen LogP contribution in [0.25, 0.3) is 0 Å². The molecule has 0 heterocycles. The number of nitrogens with one attached hydrogen (secondary N) is 4. The van der Waals surface area contributed by atoms with E-state index in [2.05, 4.69) is 15.4 Å². The van der Waals surface area contributed by atoms with E-state index in [1.54, 1.807) is 43.5 Å².